The first-order chi connectivity index (χ1) is 13.7. The maximum absolute atomic E-state index is 12.1. The number of nitrogens with zero attached hydrogens (tertiary/aromatic N) is 3. The van der Waals surface area contributed by atoms with Crippen LogP contribution in [0.25, 0.3) is 11.3 Å². The van der Waals surface area contributed by atoms with Gasteiger partial charge in [0, 0.05) is 17.3 Å². The minimum atomic E-state index is -0.318. The van der Waals surface area contributed by atoms with Crippen LogP contribution in [-0.2, 0) is 4.79 Å². The van der Waals surface area contributed by atoms with Crippen molar-refractivity contribution < 1.29 is 14.3 Å². The fourth-order valence-electron chi connectivity index (χ4n) is 2.45. The van der Waals surface area contributed by atoms with Crippen LogP contribution < -0.4 is 14.8 Å². The number of para-hydroxylation sites is 1. The van der Waals surface area contributed by atoms with Crippen LogP contribution in [0.2, 0.25) is 0 Å². The molecule has 0 atom stereocenters. The molecule has 3 aromatic rings. The highest BCUT2D eigenvalue weighted by molar-refractivity contribution is 5.92. The molecule has 2 aromatic carbocycles. The molecule has 0 radical (unpaired) electrons. The lowest BCUT2D eigenvalue weighted by molar-refractivity contribution is -0.118. The highest BCUT2D eigenvalue weighted by Crippen LogP contribution is 2.20. The van der Waals surface area contributed by atoms with Crippen LogP contribution in [0, 0.1) is 11.3 Å². The van der Waals surface area contributed by atoms with E-state index >= 15 is 0 Å². The van der Waals surface area contributed by atoms with E-state index in [1.165, 1.54) is 0 Å². The molecule has 1 amide bonds. The fourth-order valence-corrected chi connectivity index (χ4v) is 2.45. The topological polar surface area (TPSA) is 97.1 Å². The normalized spacial score (nSPS) is 10.0. The summed E-state index contributed by atoms with van der Waals surface area (Å²) in [6.45, 7) is 2.23. The Morgan fingerprint density at radius 1 is 1.04 bits per heavy atom. The summed E-state index contributed by atoms with van der Waals surface area (Å²) in [6, 6.07) is 19.6. The number of nitriles is 1. The molecule has 7 nitrogen and oxygen atoms in total. The van der Waals surface area contributed by atoms with Gasteiger partial charge in [-0.05, 0) is 37.3 Å². The summed E-state index contributed by atoms with van der Waals surface area (Å²) in [4.78, 5) is 12.1. The van der Waals surface area contributed by atoms with Gasteiger partial charge >= 0.3 is 0 Å². The molecule has 0 aliphatic carbocycles. The number of benzene rings is 2. The predicted molar refractivity (Wildman–Crippen MR) is 104 cm³/mol. The van der Waals surface area contributed by atoms with E-state index in [1.807, 2.05) is 31.2 Å². The van der Waals surface area contributed by atoms with Crippen LogP contribution in [0.3, 0.4) is 0 Å². The maximum atomic E-state index is 12.1. The van der Waals surface area contributed by atoms with Crippen LogP contribution in [0.5, 0.6) is 11.6 Å². The first-order valence-electron chi connectivity index (χ1n) is 8.68. The smallest absolute Gasteiger partial charge is 0.262 e. The summed E-state index contributed by atoms with van der Waals surface area (Å²) >= 11 is 0. The molecule has 1 heterocycles. The van der Waals surface area contributed by atoms with Crippen molar-refractivity contribution in [1.29, 1.82) is 5.26 Å². The molecular weight excluding hydrogens is 356 g/mol. The van der Waals surface area contributed by atoms with Gasteiger partial charge in [-0.2, -0.15) is 5.26 Å². The van der Waals surface area contributed by atoms with E-state index in [9.17, 15) is 4.79 Å². The molecule has 0 aliphatic heterocycles. The zero-order valence-corrected chi connectivity index (χ0v) is 15.3. The standard InChI is InChI=1S/C21H18N4O3/c1-2-27-21-12-11-18(24-25-21)15-7-9-17(10-8-15)23-20(26)14-28-19-6-4-3-5-16(19)13-22/h3-12H,2,14H2,1H3,(H,23,26). The van der Waals surface area contributed by atoms with Gasteiger partial charge in [-0.3, -0.25) is 4.79 Å². The van der Waals surface area contributed by atoms with Gasteiger partial charge in [0.15, 0.2) is 6.61 Å². The summed E-state index contributed by atoms with van der Waals surface area (Å²) in [5.41, 5.74) is 2.59. The van der Waals surface area contributed by atoms with Crippen LogP contribution in [0.1, 0.15) is 12.5 Å². The van der Waals surface area contributed by atoms with Crippen molar-refractivity contribution in [2.75, 3.05) is 18.5 Å². The first kappa shape index (κ1) is 18.9. The van der Waals surface area contributed by atoms with Crippen molar-refractivity contribution in [3.63, 3.8) is 0 Å². The monoisotopic (exact) mass is 374 g/mol. The Balaban J connectivity index is 1.57. The minimum Gasteiger partial charge on any atom is -0.482 e. The van der Waals surface area contributed by atoms with E-state index in [-0.39, 0.29) is 12.5 Å². The van der Waals surface area contributed by atoms with Gasteiger partial charge in [0.25, 0.3) is 5.91 Å². The highest BCUT2D eigenvalue weighted by Gasteiger charge is 2.08. The maximum Gasteiger partial charge on any atom is 0.262 e. The Labute approximate surface area is 162 Å². The third-order valence-electron chi connectivity index (χ3n) is 3.76. The molecule has 0 saturated carbocycles. The number of rotatable bonds is 7. The summed E-state index contributed by atoms with van der Waals surface area (Å²) in [5, 5.41) is 19.9. The second kappa shape index (κ2) is 9.14. The van der Waals surface area contributed by atoms with Gasteiger partial charge < -0.3 is 14.8 Å². The molecule has 0 fully saturated rings. The lowest BCUT2D eigenvalue weighted by atomic mass is 10.1. The van der Waals surface area contributed by atoms with Gasteiger partial charge in [0.1, 0.15) is 11.8 Å². The van der Waals surface area contributed by atoms with E-state index in [2.05, 4.69) is 15.5 Å². The van der Waals surface area contributed by atoms with Crippen molar-refractivity contribution in [2.24, 2.45) is 0 Å². The van der Waals surface area contributed by atoms with E-state index in [4.69, 9.17) is 14.7 Å². The number of carbonyl (C=O) groups excluding carboxylic acids is 1. The lowest BCUT2D eigenvalue weighted by Gasteiger charge is -2.09. The molecule has 140 valence electrons. The minimum absolute atomic E-state index is 0.190. The molecule has 7 heteroatoms. The van der Waals surface area contributed by atoms with Crippen molar-refractivity contribution in [1.82, 2.24) is 10.2 Å². The number of anilines is 1. The summed E-state index contributed by atoms with van der Waals surface area (Å²) in [5.74, 6) is 0.541. The van der Waals surface area contributed by atoms with Gasteiger partial charge in [-0.1, -0.05) is 24.3 Å². The quantitative estimate of drug-likeness (QED) is 0.680. The summed E-state index contributed by atoms with van der Waals surface area (Å²) in [6.07, 6.45) is 0. The average molecular weight is 374 g/mol. The van der Waals surface area contributed by atoms with Gasteiger partial charge in [-0.15, -0.1) is 10.2 Å². The Morgan fingerprint density at radius 3 is 2.50 bits per heavy atom. The third kappa shape index (κ3) is 4.83. The van der Waals surface area contributed by atoms with E-state index in [0.29, 0.717) is 35.2 Å². The number of hydrogen-bond donors (Lipinski definition) is 1. The largest absolute Gasteiger partial charge is 0.482 e. The summed E-state index contributed by atoms with van der Waals surface area (Å²) < 4.78 is 10.7. The lowest BCUT2D eigenvalue weighted by Crippen LogP contribution is -2.20. The number of nitrogens with one attached hydrogen (secondary N) is 1. The SMILES string of the molecule is CCOc1ccc(-c2ccc(NC(=O)COc3ccccc3C#N)cc2)nn1. The van der Waals surface area contributed by atoms with E-state index in [0.717, 1.165) is 5.56 Å². The fraction of sp³-hybridized carbons (Fsp3) is 0.143. The van der Waals surface area contributed by atoms with Crippen LogP contribution >= 0.6 is 0 Å². The van der Waals surface area contributed by atoms with E-state index < -0.39 is 0 Å². The molecule has 0 unspecified atom stereocenters. The number of ether oxygens (including phenoxy) is 2. The summed E-state index contributed by atoms with van der Waals surface area (Å²) in [7, 11) is 0. The molecule has 0 bridgehead atoms. The van der Waals surface area contributed by atoms with Crippen LogP contribution in [0.4, 0.5) is 5.69 Å². The molecule has 0 saturated heterocycles. The zero-order chi connectivity index (χ0) is 19.8. The molecule has 0 aliphatic rings. The Bertz CT molecular complexity index is 980. The first-order valence-corrected chi connectivity index (χ1v) is 8.68. The Morgan fingerprint density at radius 2 is 1.82 bits per heavy atom. The van der Waals surface area contributed by atoms with Crippen LogP contribution in [-0.4, -0.2) is 29.3 Å². The van der Waals surface area contributed by atoms with Crippen molar-refractivity contribution >= 4 is 11.6 Å². The predicted octanol–water partition coefficient (Wildman–Crippen LogP) is 3.43. The van der Waals surface area contributed by atoms with Crippen molar-refractivity contribution in [2.45, 2.75) is 6.92 Å². The highest BCUT2D eigenvalue weighted by atomic mass is 16.5. The molecule has 1 aromatic heterocycles. The average Bonchev–Trinajstić information content (AvgIpc) is 2.74. The molecular formula is C21H18N4O3. The van der Waals surface area contributed by atoms with Crippen LogP contribution in [0.15, 0.2) is 60.7 Å². The Hall–Kier alpha value is -3.92. The van der Waals surface area contributed by atoms with E-state index in [1.54, 1.807) is 42.5 Å². The molecule has 1 N–H and O–H groups in total. The van der Waals surface area contributed by atoms with Gasteiger partial charge in [0.05, 0.1) is 17.9 Å². The molecule has 28 heavy (non-hydrogen) atoms. The molecule has 0 spiro atoms. The van der Waals surface area contributed by atoms with Gasteiger partial charge in [-0.25, -0.2) is 0 Å². The second-order valence-electron chi connectivity index (χ2n) is 5.71. The van der Waals surface area contributed by atoms with Crippen molar-refractivity contribution in [3.8, 4) is 29.0 Å². The number of aromatic nitrogens is 2. The second-order valence-corrected chi connectivity index (χ2v) is 5.71. The van der Waals surface area contributed by atoms with Crippen molar-refractivity contribution in [3.05, 3.63) is 66.2 Å². The number of carbonyl (C=O) groups is 1. The Kier molecular flexibility index (Phi) is 6.16. The molecule has 3 rings (SSSR count). The number of hydrogen-bond acceptors (Lipinski definition) is 6. The zero-order valence-electron chi connectivity index (χ0n) is 15.3. The van der Waals surface area contributed by atoms with Gasteiger partial charge in [0.2, 0.25) is 5.88 Å². The number of amides is 1. The third-order valence-corrected chi connectivity index (χ3v) is 3.76.